The fourth-order valence-corrected chi connectivity index (χ4v) is 7.95. The molecule has 11 rings (SSSR count). The van der Waals surface area contributed by atoms with E-state index < -0.39 is 0 Å². The molecule has 0 unspecified atom stereocenters. The average molecular weight is 627 g/mol. The Balaban J connectivity index is 1.27. The van der Waals surface area contributed by atoms with Gasteiger partial charge >= 0.3 is 0 Å². The molecule has 0 bridgehead atoms. The van der Waals surface area contributed by atoms with Crippen LogP contribution >= 0.6 is 0 Å². The lowest BCUT2D eigenvalue weighted by Gasteiger charge is -2.18. The van der Waals surface area contributed by atoms with Crippen molar-refractivity contribution >= 4 is 76.4 Å². The SMILES string of the molecule is c1ccc(-c2cc3c(cc(-c4c5ccccc5c(-c5ccc6oc7ccccc7c6c5)c5ccccc45)c4c5ccccc5oc34)o2)cc1. The van der Waals surface area contributed by atoms with Crippen molar-refractivity contribution < 1.29 is 13.3 Å². The molecule has 3 aromatic heterocycles. The highest BCUT2D eigenvalue weighted by Crippen LogP contribution is 2.49. The molecule has 0 amide bonds. The number of fused-ring (bicyclic) bond motifs is 10. The summed E-state index contributed by atoms with van der Waals surface area (Å²) >= 11 is 0. The summed E-state index contributed by atoms with van der Waals surface area (Å²) in [6.07, 6.45) is 0. The first-order chi connectivity index (χ1) is 24.3. The average Bonchev–Trinajstić information content (AvgIpc) is 3.87. The molecule has 3 heterocycles. The maximum absolute atomic E-state index is 6.69. The number of benzene rings is 8. The molecule has 0 aliphatic carbocycles. The van der Waals surface area contributed by atoms with E-state index in [0.717, 1.165) is 77.3 Å². The van der Waals surface area contributed by atoms with Crippen molar-refractivity contribution in [3.8, 4) is 33.6 Å². The second kappa shape index (κ2) is 9.96. The Morgan fingerprint density at radius 3 is 1.59 bits per heavy atom. The first-order valence-corrected chi connectivity index (χ1v) is 16.6. The van der Waals surface area contributed by atoms with Gasteiger partial charge in [0.2, 0.25) is 0 Å². The number of hydrogen-bond acceptors (Lipinski definition) is 3. The molecule has 0 saturated carbocycles. The molecule has 11 aromatic rings. The zero-order valence-electron chi connectivity index (χ0n) is 26.2. The minimum Gasteiger partial charge on any atom is -0.456 e. The standard InChI is InChI=1S/C46H26O3/c1-2-12-27(13-3-1)41-25-36-42(48-41)26-37(45-34-19-9-11-21-39(34)49-46(36)45)44-32-17-6-4-15-30(32)43(31-16-5-7-18-33(31)44)28-22-23-40-35(24-28)29-14-8-10-20-38(29)47-40/h1-26H. The van der Waals surface area contributed by atoms with Gasteiger partial charge in [-0.25, -0.2) is 0 Å². The zero-order chi connectivity index (χ0) is 32.1. The fraction of sp³-hybridized carbons (Fsp3) is 0. The highest BCUT2D eigenvalue weighted by molar-refractivity contribution is 6.28. The molecule has 0 saturated heterocycles. The maximum atomic E-state index is 6.69. The topological polar surface area (TPSA) is 39.4 Å². The smallest absolute Gasteiger partial charge is 0.147 e. The summed E-state index contributed by atoms with van der Waals surface area (Å²) in [6.45, 7) is 0. The summed E-state index contributed by atoms with van der Waals surface area (Å²) in [4.78, 5) is 0. The Hall–Kier alpha value is -6.58. The lowest BCUT2D eigenvalue weighted by atomic mass is 9.84. The molecule has 0 spiro atoms. The van der Waals surface area contributed by atoms with Crippen molar-refractivity contribution in [3.05, 3.63) is 158 Å². The second-order valence-electron chi connectivity index (χ2n) is 12.8. The van der Waals surface area contributed by atoms with Crippen LogP contribution in [0.2, 0.25) is 0 Å². The normalized spacial score (nSPS) is 12.1. The first kappa shape index (κ1) is 26.5. The second-order valence-corrected chi connectivity index (χ2v) is 12.8. The summed E-state index contributed by atoms with van der Waals surface area (Å²) in [6, 6.07) is 55.4. The third-order valence-electron chi connectivity index (χ3n) is 10.1. The van der Waals surface area contributed by atoms with E-state index in [4.69, 9.17) is 13.3 Å². The monoisotopic (exact) mass is 626 g/mol. The molecule has 0 fully saturated rings. The van der Waals surface area contributed by atoms with Gasteiger partial charge in [-0.15, -0.1) is 0 Å². The van der Waals surface area contributed by atoms with Gasteiger partial charge in [-0.3, -0.25) is 0 Å². The van der Waals surface area contributed by atoms with Crippen LogP contribution in [-0.4, -0.2) is 0 Å². The third-order valence-corrected chi connectivity index (χ3v) is 10.1. The van der Waals surface area contributed by atoms with Gasteiger partial charge in [-0.05, 0) is 80.2 Å². The summed E-state index contributed by atoms with van der Waals surface area (Å²) in [5, 5.41) is 10.1. The lowest BCUT2D eigenvalue weighted by molar-refractivity contribution is 0.631. The number of para-hydroxylation sites is 2. The van der Waals surface area contributed by atoms with Crippen molar-refractivity contribution in [3.63, 3.8) is 0 Å². The molecule has 49 heavy (non-hydrogen) atoms. The van der Waals surface area contributed by atoms with Crippen molar-refractivity contribution in [2.24, 2.45) is 0 Å². The summed E-state index contributed by atoms with van der Waals surface area (Å²) < 4.78 is 19.5. The first-order valence-electron chi connectivity index (χ1n) is 16.6. The molecule has 0 radical (unpaired) electrons. The van der Waals surface area contributed by atoms with Crippen molar-refractivity contribution in [1.82, 2.24) is 0 Å². The largest absolute Gasteiger partial charge is 0.456 e. The molecule has 0 N–H and O–H groups in total. The van der Waals surface area contributed by atoms with Crippen LogP contribution in [0, 0.1) is 0 Å². The molecule has 0 aliphatic rings. The van der Waals surface area contributed by atoms with Gasteiger partial charge in [0.1, 0.15) is 33.7 Å². The Kier molecular flexibility index (Phi) is 5.38. The van der Waals surface area contributed by atoms with Gasteiger partial charge in [0.25, 0.3) is 0 Å². The summed E-state index contributed by atoms with van der Waals surface area (Å²) in [5.41, 5.74) is 9.96. The van der Waals surface area contributed by atoms with Gasteiger partial charge < -0.3 is 13.3 Å². The van der Waals surface area contributed by atoms with Crippen LogP contribution in [0.15, 0.2) is 171 Å². The molecule has 0 atom stereocenters. The maximum Gasteiger partial charge on any atom is 0.147 e. The Morgan fingerprint density at radius 1 is 0.306 bits per heavy atom. The number of furan rings is 3. The van der Waals surface area contributed by atoms with E-state index in [2.05, 4.69) is 121 Å². The van der Waals surface area contributed by atoms with Crippen LogP contribution in [-0.2, 0) is 0 Å². The summed E-state index contributed by atoms with van der Waals surface area (Å²) in [7, 11) is 0. The molecular weight excluding hydrogens is 601 g/mol. The molecule has 3 heteroatoms. The van der Waals surface area contributed by atoms with E-state index in [1.54, 1.807) is 0 Å². The van der Waals surface area contributed by atoms with Gasteiger partial charge in [0.05, 0.1) is 5.39 Å². The minimum absolute atomic E-state index is 0.801. The van der Waals surface area contributed by atoms with E-state index in [1.165, 1.54) is 32.7 Å². The molecular formula is C46H26O3. The molecule has 8 aromatic carbocycles. The highest BCUT2D eigenvalue weighted by Gasteiger charge is 2.24. The van der Waals surface area contributed by atoms with Crippen molar-refractivity contribution in [1.29, 1.82) is 0 Å². The van der Waals surface area contributed by atoms with E-state index in [-0.39, 0.29) is 0 Å². The van der Waals surface area contributed by atoms with E-state index in [9.17, 15) is 0 Å². The predicted octanol–water partition coefficient (Wildman–Crippen LogP) is 13.5. The zero-order valence-corrected chi connectivity index (χ0v) is 26.2. The fourth-order valence-electron chi connectivity index (χ4n) is 7.95. The minimum atomic E-state index is 0.801. The highest BCUT2D eigenvalue weighted by atomic mass is 16.3. The number of rotatable bonds is 3. The van der Waals surface area contributed by atoms with Crippen LogP contribution in [0.3, 0.4) is 0 Å². The summed E-state index contributed by atoms with van der Waals surface area (Å²) in [5.74, 6) is 0.821. The number of hydrogen-bond donors (Lipinski definition) is 0. The van der Waals surface area contributed by atoms with Crippen molar-refractivity contribution in [2.45, 2.75) is 0 Å². The Bertz CT molecular complexity index is 3040. The molecule has 3 nitrogen and oxygen atoms in total. The van der Waals surface area contributed by atoms with E-state index >= 15 is 0 Å². The van der Waals surface area contributed by atoms with Gasteiger partial charge in [-0.2, -0.15) is 0 Å². The molecule has 0 aliphatic heterocycles. The van der Waals surface area contributed by atoms with E-state index in [1.807, 2.05) is 36.4 Å². The van der Waals surface area contributed by atoms with Crippen LogP contribution < -0.4 is 0 Å². The van der Waals surface area contributed by atoms with Gasteiger partial charge in [0, 0.05) is 27.1 Å². The van der Waals surface area contributed by atoms with Crippen molar-refractivity contribution in [2.75, 3.05) is 0 Å². The molecule has 228 valence electrons. The Morgan fingerprint density at radius 2 is 0.878 bits per heavy atom. The van der Waals surface area contributed by atoms with Crippen LogP contribution in [0.1, 0.15) is 0 Å². The van der Waals surface area contributed by atoms with E-state index in [0.29, 0.717) is 0 Å². The van der Waals surface area contributed by atoms with Crippen LogP contribution in [0.25, 0.3) is 110 Å². The Labute approximate surface area is 280 Å². The third kappa shape index (κ3) is 3.78. The lowest BCUT2D eigenvalue weighted by Crippen LogP contribution is -1.91. The van der Waals surface area contributed by atoms with Gasteiger partial charge in [-0.1, -0.05) is 121 Å². The quantitative estimate of drug-likeness (QED) is 0.183. The van der Waals surface area contributed by atoms with Gasteiger partial charge in [0.15, 0.2) is 0 Å². The van der Waals surface area contributed by atoms with Crippen LogP contribution in [0.4, 0.5) is 0 Å². The van der Waals surface area contributed by atoms with Crippen LogP contribution in [0.5, 0.6) is 0 Å². The predicted molar refractivity (Wildman–Crippen MR) is 202 cm³/mol.